The van der Waals surface area contributed by atoms with Crippen molar-refractivity contribution >= 4 is 22.5 Å². The average Bonchev–Trinajstić information content (AvgIpc) is 2.41. The first-order chi connectivity index (χ1) is 9.16. The lowest BCUT2D eigenvalue weighted by atomic mass is 9.83. The van der Waals surface area contributed by atoms with Crippen LogP contribution in [0, 0.1) is 0 Å². The van der Waals surface area contributed by atoms with Gasteiger partial charge in [0, 0.05) is 13.3 Å². The van der Waals surface area contributed by atoms with Gasteiger partial charge in [-0.3, -0.25) is 9.59 Å². The van der Waals surface area contributed by atoms with Crippen LogP contribution in [0.5, 0.6) is 0 Å². The molecule has 1 N–H and O–H groups in total. The van der Waals surface area contributed by atoms with Crippen LogP contribution in [0.1, 0.15) is 30.5 Å². The quantitative estimate of drug-likeness (QED) is 0.849. The highest BCUT2D eigenvalue weighted by Gasteiger charge is 2.29. The van der Waals surface area contributed by atoms with Crippen LogP contribution in [0.25, 0.3) is 10.8 Å². The third kappa shape index (κ3) is 2.01. The van der Waals surface area contributed by atoms with Crippen LogP contribution in [0.3, 0.4) is 0 Å². The summed E-state index contributed by atoms with van der Waals surface area (Å²) >= 11 is 0. The third-order valence-corrected chi connectivity index (χ3v) is 3.66. The number of fused-ring (bicyclic) bond motifs is 3. The van der Waals surface area contributed by atoms with Gasteiger partial charge in [-0.1, -0.05) is 36.4 Å². The molecule has 0 aliphatic heterocycles. The summed E-state index contributed by atoms with van der Waals surface area (Å²) in [6, 6.07) is 11.6. The largest absolute Gasteiger partial charge is 0.342 e. The Morgan fingerprint density at radius 3 is 2.74 bits per heavy atom. The minimum Gasteiger partial charge on any atom is -0.342 e. The highest BCUT2D eigenvalue weighted by atomic mass is 16.2. The molecular weight excluding hydrogens is 238 g/mol. The zero-order valence-corrected chi connectivity index (χ0v) is 10.8. The molecule has 1 atom stereocenters. The van der Waals surface area contributed by atoms with Gasteiger partial charge < -0.3 is 5.32 Å². The van der Waals surface area contributed by atoms with E-state index in [-0.39, 0.29) is 11.7 Å². The molecule has 3 nitrogen and oxygen atoms in total. The van der Waals surface area contributed by atoms with E-state index in [0.717, 1.165) is 28.3 Å². The van der Waals surface area contributed by atoms with Gasteiger partial charge >= 0.3 is 0 Å². The number of hydrogen-bond acceptors (Lipinski definition) is 2. The Morgan fingerprint density at radius 1 is 1.16 bits per heavy atom. The Bertz CT molecular complexity index is 676. The molecule has 1 aliphatic rings. The van der Waals surface area contributed by atoms with Crippen molar-refractivity contribution in [3.8, 4) is 0 Å². The van der Waals surface area contributed by atoms with Crippen LogP contribution >= 0.6 is 0 Å². The molecule has 3 rings (SSSR count). The van der Waals surface area contributed by atoms with Gasteiger partial charge in [-0.2, -0.15) is 0 Å². The summed E-state index contributed by atoms with van der Waals surface area (Å²) in [6.45, 7) is 1.45. The first kappa shape index (κ1) is 11.9. The fraction of sp³-hybridized carbons (Fsp3) is 0.250. The first-order valence-electron chi connectivity index (χ1n) is 6.47. The van der Waals surface area contributed by atoms with Crippen LogP contribution < -0.4 is 5.32 Å². The second kappa shape index (κ2) is 4.50. The summed E-state index contributed by atoms with van der Waals surface area (Å²) in [4.78, 5) is 23.5. The normalized spacial score (nSPS) is 18.2. The van der Waals surface area contributed by atoms with Crippen molar-refractivity contribution in [1.82, 2.24) is 5.32 Å². The van der Waals surface area contributed by atoms with E-state index >= 15 is 0 Å². The van der Waals surface area contributed by atoms with Gasteiger partial charge in [-0.15, -0.1) is 0 Å². The molecule has 2 aromatic carbocycles. The van der Waals surface area contributed by atoms with Gasteiger partial charge in [0.2, 0.25) is 5.91 Å². The van der Waals surface area contributed by atoms with Gasteiger partial charge in [-0.05, 0) is 28.3 Å². The molecule has 0 bridgehead atoms. The molecule has 3 heteroatoms. The second-order valence-corrected chi connectivity index (χ2v) is 4.96. The Kier molecular flexibility index (Phi) is 2.82. The van der Waals surface area contributed by atoms with Crippen molar-refractivity contribution in [2.75, 3.05) is 0 Å². The lowest BCUT2D eigenvalue weighted by Gasteiger charge is -2.26. The SMILES string of the molecule is CC(=O)NC1C(=O)CCc2ccc3ccccc3c21. The monoisotopic (exact) mass is 253 g/mol. The summed E-state index contributed by atoms with van der Waals surface area (Å²) in [5.41, 5.74) is 2.14. The molecule has 0 spiro atoms. The molecule has 0 aromatic heterocycles. The molecular formula is C16H15NO2. The van der Waals surface area contributed by atoms with Gasteiger partial charge in [0.25, 0.3) is 0 Å². The molecule has 2 aromatic rings. The highest BCUT2D eigenvalue weighted by molar-refractivity contribution is 5.98. The summed E-state index contributed by atoms with van der Waals surface area (Å²) in [5.74, 6) is -0.0711. The van der Waals surface area contributed by atoms with E-state index < -0.39 is 6.04 Å². The van der Waals surface area contributed by atoms with E-state index in [0.29, 0.717) is 6.42 Å². The fourth-order valence-electron chi connectivity index (χ4n) is 2.82. The predicted molar refractivity (Wildman–Crippen MR) is 73.8 cm³/mol. The average molecular weight is 253 g/mol. The van der Waals surface area contributed by atoms with E-state index in [4.69, 9.17) is 0 Å². The number of aryl methyl sites for hydroxylation is 1. The minimum absolute atomic E-state index is 0.0963. The lowest BCUT2D eigenvalue weighted by molar-refractivity contribution is -0.127. The molecule has 1 aliphatic carbocycles. The Hall–Kier alpha value is -2.16. The standard InChI is InChI=1S/C16H15NO2/c1-10(18)17-16-14(19)9-8-12-7-6-11-4-2-3-5-13(11)15(12)16/h2-7,16H,8-9H2,1H3,(H,17,18). The molecule has 0 radical (unpaired) electrons. The lowest BCUT2D eigenvalue weighted by Crippen LogP contribution is -2.35. The van der Waals surface area contributed by atoms with E-state index in [1.807, 2.05) is 24.3 Å². The zero-order chi connectivity index (χ0) is 13.4. The van der Waals surface area contributed by atoms with Gasteiger partial charge in [0.1, 0.15) is 6.04 Å². The maximum Gasteiger partial charge on any atom is 0.217 e. The number of amides is 1. The van der Waals surface area contributed by atoms with Gasteiger partial charge in [0.15, 0.2) is 5.78 Å². The topological polar surface area (TPSA) is 46.2 Å². The zero-order valence-electron chi connectivity index (χ0n) is 10.8. The molecule has 96 valence electrons. The van der Waals surface area contributed by atoms with Crippen molar-refractivity contribution in [1.29, 1.82) is 0 Å². The number of Topliss-reactive ketones (excluding diaryl/α,β-unsaturated/α-hetero) is 1. The summed E-state index contributed by atoms with van der Waals surface area (Å²) in [6.07, 6.45) is 1.26. The maximum absolute atomic E-state index is 12.1. The van der Waals surface area contributed by atoms with Gasteiger partial charge in [-0.25, -0.2) is 0 Å². The smallest absolute Gasteiger partial charge is 0.217 e. The van der Waals surface area contributed by atoms with E-state index in [1.54, 1.807) is 0 Å². The highest BCUT2D eigenvalue weighted by Crippen LogP contribution is 2.33. The van der Waals surface area contributed by atoms with Crippen molar-refractivity contribution in [3.05, 3.63) is 47.5 Å². The molecule has 0 heterocycles. The van der Waals surface area contributed by atoms with E-state index in [2.05, 4.69) is 17.4 Å². The van der Waals surface area contributed by atoms with Crippen LogP contribution in [0.4, 0.5) is 0 Å². The van der Waals surface area contributed by atoms with Crippen LogP contribution in [0.15, 0.2) is 36.4 Å². The summed E-state index contributed by atoms with van der Waals surface area (Å²) in [5, 5.41) is 4.96. The molecule has 1 amide bonds. The van der Waals surface area contributed by atoms with Crippen LogP contribution in [-0.4, -0.2) is 11.7 Å². The number of rotatable bonds is 1. The molecule has 0 saturated heterocycles. The van der Waals surface area contributed by atoms with E-state index in [1.165, 1.54) is 6.92 Å². The van der Waals surface area contributed by atoms with E-state index in [9.17, 15) is 9.59 Å². The van der Waals surface area contributed by atoms with Gasteiger partial charge in [0.05, 0.1) is 0 Å². The molecule has 0 saturated carbocycles. The van der Waals surface area contributed by atoms with Crippen molar-refractivity contribution < 1.29 is 9.59 Å². The summed E-state index contributed by atoms with van der Waals surface area (Å²) < 4.78 is 0. The number of carbonyl (C=O) groups is 2. The predicted octanol–water partition coefficient (Wildman–Crippen LogP) is 2.53. The number of benzene rings is 2. The molecule has 19 heavy (non-hydrogen) atoms. The fourth-order valence-corrected chi connectivity index (χ4v) is 2.82. The number of carbonyl (C=O) groups excluding carboxylic acids is 2. The number of nitrogens with one attached hydrogen (secondary N) is 1. The number of ketones is 1. The van der Waals surface area contributed by atoms with Crippen LogP contribution in [0.2, 0.25) is 0 Å². The first-order valence-corrected chi connectivity index (χ1v) is 6.47. The molecule has 0 fully saturated rings. The van der Waals surface area contributed by atoms with Crippen molar-refractivity contribution in [2.45, 2.75) is 25.8 Å². The third-order valence-electron chi connectivity index (χ3n) is 3.66. The maximum atomic E-state index is 12.1. The van der Waals surface area contributed by atoms with Crippen molar-refractivity contribution in [2.24, 2.45) is 0 Å². The van der Waals surface area contributed by atoms with Crippen molar-refractivity contribution in [3.63, 3.8) is 0 Å². The van der Waals surface area contributed by atoms with Crippen LogP contribution in [-0.2, 0) is 16.0 Å². The summed E-state index contributed by atoms with van der Waals surface area (Å²) in [7, 11) is 0. The molecule has 1 unspecified atom stereocenters. The number of hydrogen-bond donors (Lipinski definition) is 1. The second-order valence-electron chi connectivity index (χ2n) is 4.96. The Labute approximate surface area is 111 Å². The Balaban J connectivity index is 2.24. The Morgan fingerprint density at radius 2 is 1.95 bits per heavy atom. The minimum atomic E-state index is -0.493.